The van der Waals surface area contributed by atoms with E-state index in [1.54, 1.807) is 12.0 Å². The van der Waals surface area contributed by atoms with Gasteiger partial charge in [0.2, 0.25) is 11.8 Å². The van der Waals surface area contributed by atoms with Gasteiger partial charge in [0.1, 0.15) is 11.6 Å². The molecule has 0 aromatic heterocycles. The second-order valence-electron chi connectivity index (χ2n) is 5.38. The number of hydrogen-bond acceptors (Lipinski definition) is 3. The van der Waals surface area contributed by atoms with Crippen molar-refractivity contribution >= 4 is 11.8 Å². The summed E-state index contributed by atoms with van der Waals surface area (Å²) in [6.07, 6.45) is 2.69. The summed E-state index contributed by atoms with van der Waals surface area (Å²) in [7, 11) is 1.61. The van der Waals surface area contributed by atoms with Gasteiger partial charge >= 0.3 is 0 Å². The molecule has 0 bridgehead atoms. The highest BCUT2D eigenvalue weighted by atomic mass is 16.5. The quantitative estimate of drug-likeness (QED) is 0.779. The molecular formula is C13H22N2O3. The van der Waals surface area contributed by atoms with Crippen molar-refractivity contribution in [1.82, 2.24) is 10.2 Å². The number of rotatable bonds is 5. The number of methoxy groups -OCH3 is 1. The minimum atomic E-state index is -0.698. The molecule has 18 heavy (non-hydrogen) atoms. The predicted molar refractivity (Wildman–Crippen MR) is 66.9 cm³/mol. The summed E-state index contributed by atoms with van der Waals surface area (Å²) < 4.78 is 5.04. The van der Waals surface area contributed by atoms with Gasteiger partial charge in [-0.05, 0) is 32.1 Å². The molecule has 0 spiro atoms. The molecule has 5 heteroatoms. The Bertz CT molecular complexity index is 354. The van der Waals surface area contributed by atoms with Gasteiger partial charge in [0, 0.05) is 13.7 Å². The lowest BCUT2D eigenvalue weighted by atomic mass is 9.89. The van der Waals surface area contributed by atoms with Crippen LogP contribution < -0.4 is 5.32 Å². The average molecular weight is 254 g/mol. The van der Waals surface area contributed by atoms with E-state index in [0.29, 0.717) is 25.5 Å². The molecular weight excluding hydrogens is 232 g/mol. The second-order valence-corrected chi connectivity index (χ2v) is 5.38. The van der Waals surface area contributed by atoms with E-state index in [1.807, 2.05) is 13.8 Å². The van der Waals surface area contributed by atoms with Crippen molar-refractivity contribution in [2.45, 2.75) is 44.7 Å². The number of carbonyl (C=O) groups is 2. The molecule has 0 aromatic carbocycles. The van der Waals surface area contributed by atoms with E-state index in [-0.39, 0.29) is 17.9 Å². The number of piperazine rings is 1. The average Bonchev–Trinajstić information content (AvgIpc) is 3.16. The standard InChI is InChI=1S/C13H22N2O3/c1-4-10-11(16)14-13(2,9-5-6-9)12(17)15(10)7-8-18-3/h9-10H,4-8H2,1-3H3,(H,14,16). The van der Waals surface area contributed by atoms with Crippen molar-refractivity contribution in [2.24, 2.45) is 5.92 Å². The van der Waals surface area contributed by atoms with Crippen LogP contribution in [0.1, 0.15) is 33.1 Å². The monoisotopic (exact) mass is 254 g/mol. The normalized spacial score (nSPS) is 32.6. The summed E-state index contributed by atoms with van der Waals surface area (Å²) in [5.41, 5.74) is -0.698. The zero-order valence-corrected chi connectivity index (χ0v) is 11.4. The molecule has 0 radical (unpaired) electrons. The Hall–Kier alpha value is -1.10. The summed E-state index contributed by atoms with van der Waals surface area (Å²) >= 11 is 0. The van der Waals surface area contributed by atoms with Gasteiger partial charge < -0.3 is 15.0 Å². The molecule has 2 atom stereocenters. The van der Waals surface area contributed by atoms with E-state index in [1.165, 1.54) is 0 Å². The third-order valence-corrected chi connectivity index (χ3v) is 4.08. The molecule has 2 rings (SSSR count). The molecule has 1 saturated heterocycles. The van der Waals surface area contributed by atoms with E-state index in [9.17, 15) is 9.59 Å². The fourth-order valence-corrected chi connectivity index (χ4v) is 2.76. The van der Waals surface area contributed by atoms with Crippen molar-refractivity contribution in [3.05, 3.63) is 0 Å². The van der Waals surface area contributed by atoms with Crippen LogP contribution in [-0.2, 0) is 14.3 Å². The molecule has 1 aliphatic heterocycles. The lowest BCUT2D eigenvalue weighted by molar-refractivity contribution is -0.156. The molecule has 1 heterocycles. The van der Waals surface area contributed by atoms with Crippen LogP contribution in [-0.4, -0.2) is 48.6 Å². The Morgan fingerprint density at radius 1 is 1.44 bits per heavy atom. The number of carbonyl (C=O) groups excluding carboxylic acids is 2. The lowest BCUT2D eigenvalue weighted by Crippen LogP contribution is -2.70. The van der Waals surface area contributed by atoms with Gasteiger partial charge in [-0.1, -0.05) is 6.92 Å². The Morgan fingerprint density at radius 2 is 2.11 bits per heavy atom. The Balaban J connectivity index is 2.20. The van der Waals surface area contributed by atoms with Crippen LogP contribution in [0.4, 0.5) is 0 Å². The number of nitrogens with one attached hydrogen (secondary N) is 1. The van der Waals surface area contributed by atoms with Crippen LogP contribution in [0.3, 0.4) is 0 Å². The van der Waals surface area contributed by atoms with Crippen molar-refractivity contribution < 1.29 is 14.3 Å². The Kier molecular flexibility index (Phi) is 3.61. The lowest BCUT2D eigenvalue weighted by Gasteiger charge is -2.44. The third-order valence-electron chi connectivity index (χ3n) is 4.08. The highest BCUT2D eigenvalue weighted by molar-refractivity contribution is 6.00. The molecule has 2 amide bonds. The van der Waals surface area contributed by atoms with E-state index in [0.717, 1.165) is 12.8 Å². The fraction of sp³-hybridized carbons (Fsp3) is 0.846. The smallest absolute Gasteiger partial charge is 0.249 e. The molecule has 102 valence electrons. The highest BCUT2D eigenvalue weighted by Gasteiger charge is 2.54. The molecule has 2 aliphatic rings. The molecule has 5 nitrogen and oxygen atoms in total. The number of hydrogen-bond donors (Lipinski definition) is 1. The van der Waals surface area contributed by atoms with Crippen molar-refractivity contribution in [3.63, 3.8) is 0 Å². The van der Waals surface area contributed by atoms with Crippen LogP contribution in [0.25, 0.3) is 0 Å². The number of ether oxygens (including phenoxy) is 1. The predicted octanol–water partition coefficient (Wildman–Crippen LogP) is 0.539. The van der Waals surface area contributed by atoms with E-state index < -0.39 is 5.54 Å². The van der Waals surface area contributed by atoms with E-state index in [4.69, 9.17) is 4.74 Å². The maximum atomic E-state index is 12.6. The minimum absolute atomic E-state index is 0.0254. The first kappa shape index (κ1) is 13.3. The van der Waals surface area contributed by atoms with Crippen LogP contribution in [0.2, 0.25) is 0 Å². The zero-order chi connectivity index (χ0) is 13.3. The molecule has 2 fully saturated rings. The summed E-state index contributed by atoms with van der Waals surface area (Å²) in [5.74, 6) is 0.327. The van der Waals surface area contributed by atoms with Gasteiger partial charge in [-0.25, -0.2) is 0 Å². The van der Waals surface area contributed by atoms with Crippen LogP contribution >= 0.6 is 0 Å². The SMILES string of the molecule is CCC1C(=O)NC(C)(C2CC2)C(=O)N1CCOC. The van der Waals surface area contributed by atoms with Gasteiger partial charge in [-0.15, -0.1) is 0 Å². The van der Waals surface area contributed by atoms with Crippen LogP contribution in [0, 0.1) is 5.92 Å². The van der Waals surface area contributed by atoms with Crippen molar-refractivity contribution in [1.29, 1.82) is 0 Å². The number of amides is 2. The van der Waals surface area contributed by atoms with Crippen LogP contribution in [0.15, 0.2) is 0 Å². The third kappa shape index (κ3) is 2.11. The molecule has 1 N–H and O–H groups in total. The first-order valence-electron chi connectivity index (χ1n) is 6.66. The maximum absolute atomic E-state index is 12.6. The minimum Gasteiger partial charge on any atom is -0.383 e. The summed E-state index contributed by atoms with van der Waals surface area (Å²) in [5, 5.41) is 2.94. The Labute approximate surface area is 108 Å². The van der Waals surface area contributed by atoms with Gasteiger partial charge in [0.05, 0.1) is 6.61 Å². The summed E-state index contributed by atoms with van der Waals surface area (Å²) in [6, 6.07) is -0.348. The largest absolute Gasteiger partial charge is 0.383 e. The van der Waals surface area contributed by atoms with E-state index in [2.05, 4.69) is 5.32 Å². The zero-order valence-electron chi connectivity index (χ0n) is 11.4. The van der Waals surface area contributed by atoms with Crippen LogP contribution in [0.5, 0.6) is 0 Å². The maximum Gasteiger partial charge on any atom is 0.249 e. The second kappa shape index (κ2) is 4.88. The first-order chi connectivity index (χ1) is 8.54. The van der Waals surface area contributed by atoms with Gasteiger partial charge in [0.15, 0.2) is 0 Å². The highest BCUT2D eigenvalue weighted by Crippen LogP contribution is 2.42. The van der Waals surface area contributed by atoms with Gasteiger partial charge in [-0.2, -0.15) is 0 Å². The van der Waals surface area contributed by atoms with E-state index >= 15 is 0 Å². The summed E-state index contributed by atoms with van der Waals surface area (Å²) in [4.78, 5) is 26.4. The first-order valence-corrected chi connectivity index (χ1v) is 6.66. The molecule has 0 aromatic rings. The molecule has 1 saturated carbocycles. The topological polar surface area (TPSA) is 58.6 Å². The Morgan fingerprint density at radius 3 is 2.61 bits per heavy atom. The van der Waals surface area contributed by atoms with Crippen molar-refractivity contribution in [2.75, 3.05) is 20.3 Å². The summed E-state index contributed by atoms with van der Waals surface area (Å²) in [6.45, 7) is 4.74. The van der Waals surface area contributed by atoms with Gasteiger partial charge in [0.25, 0.3) is 0 Å². The molecule has 2 unspecified atom stereocenters. The van der Waals surface area contributed by atoms with Crippen molar-refractivity contribution in [3.8, 4) is 0 Å². The number of nitrogens with zero attached hydrogens (tertiary/aromatic N) is 1. The fourth-order valence-electron chi connectivity index (χ4n) is 2.76. The molecule has 1 aliphatic carbocycles. The van der Waals surface area contributed by atoms with Gasteiger partial charge in [-0.3, -0.25) is 9.59 Å².